The zero-order valence-corrected chi connectivity index (χ0v) is 10.4. The molecule has 1 aromatic carbocycles. The van der Waals surface area contributed by atoms with Gasteiger partial charge < -0.3 is 5.32 Å². The Morgan fingerprint density at radius 3 is 2.94 bits per heavy atom. The van der Waals surface area contributed by atoms with Crippen molar-refractivity contribution in [2.45, 2.75) is 13.5 Å². The number of H-pyrrole nitrogens is 1. The Bertz CT molecular complexity index is 587. The van der Waals surface area contributed by atoms with Crippen molar-refractivity contribution >= 4 is 11.6 Å². The fraction of sp³-hybridized carbons (Fsp3) is 0.273. The third-order valence-corrected chi connectivity index (χ3v) is 2.71. The summed E-state index contributed by atoms with van der Waals surface area (Å²) in [5.41, 5.74) is 1.47. The lowest BCUT2D eigenvalue weighted by atomic mass is 10.2. The summed E-state index contributed by atoms with van der Waals surface area (Å²) in [5, 5.41) is 10.0. The number of nitrogens with zero attached hydrogens (tertiary/aromatic N) is 2. The summed E-state index contributed by atoms with van der Waals surface area (Å²) in [5.74, 6) is 0.642. The van der Waals surface area contributed by atoms with Gasteiger partial charge >= 0.3 is 5.69 Å². The van der Waals surface area contributed by atoms with Gasteiger partial charge in [0.1, 0.15) is 0 Å². The van der Waals surface area contributed by atoms with Gasteiger partial charge in [-0.2, -0.15) is 5.10 Å². The molecular formula is C11H13ClN4O. The van der Waals surface area contributed by atoms with Crippen LogP contribution in [0.4, 0.5) is 0 Å². The molecule has 5 nitrogen and oxygen atoms in total. The molecule has 0 aliphatic carbocycles. The van der Waals surface area contributed by atoms with Crippen LogP contribution in [0.25, 0.3) is 5.69 Å². The molecule has 2 N–H and O–H groups in total. The molecule has 0 saturated carbocycles. The van der Waals surface area contributed by atoms with Crippen LogP contribution in [0.5, 0.6) is 0 Å². The Labute approximate surface area is 103 Å². The van der Waals surface area contributed by atoms with Crippen LogP contribution < -0.4 is 11.0 Å². The highest BCUT2D eigenvalue weighted by Crippen LogP contribution is 2.18. The quantitative estimate of drug-likeness (QED) is 0.864. The molecular weight excluding hydrogens is 240 g/mol. The zero-order chi connectivity index (χ0) is 12.4. The van der Waals surface area contributed by atoms with E-state index in [9.17, 15) is 4.79 Å². The smallest absolute Gasteiger partial charge is 0.313 e. The van der Waals surface area contributed by atoms with E-state index in [4.69, 9.17) is 11.6 Å². The predicted octanol–water partition coefficient (Wildman–Crippen LogP) is 1.24. The summed E-state index contributed by atoms with van der Waals surface area (Å²) in [6.07, 6.45) is 0. The van der Waals surface area contributed by atoms with E-state index in [0.717, 1.165) is 11.3 Å². The average Bonchev–Trinajstić information content (AvgIpc) is 2.62. The molecule has 0 bridgehead atoms. The fourth-order valence-electron chi connectivity index (χ4n) is 1.72. The Morgan fingerprint density at radius 1 is 1.53 bits per heavy atom. The van der Waals surface area contributed by atoms with Crippen molar-refractivity contribution in [3.63, 3.8) is 0 Å². The number of aryl methyl sites for hydroxylation is 1. The van der Waals surface area contributed by atoms with Crippen LogP contribution in [0, 0.1) is 6.92 Å². The second-order valence-electron chi connectivity index (χ2n) is 3.74. The van der Waals surface area contributed by atoms with E-state index in [1.807, 2.05) is 19.1 Å². The standard InChI is InChI=1S/C11H13ClN4O/c1-7-5-8(12)3-4-9(7)16-10(6-13-2)14-15-11(16)17/h3-5,13H,6H2,1-2H3,(H,15,17). The van der Waals surface area contributed by atoms with Gasteiger partial charge in [-0.25, -0.2) is 14.5 Å². The minimum absolute atomic E-state index is 0.249. The Balaban J connectivity index is 2.59. The van der Waals surface area contributed by atoms with Crippen LogP contribution in [0.15, 0.2) is 23.0 Å². The number of hydrogen-bond acceptors (Lipinski definition) is 3. The number of benzene rings is 1. The lowest BCUT2D eigenvalue weighted by molar-refractivity contribution is 0.733. The van der Waals surface area contributed by atoms with Crippen molar-refractivity contribution < 1.29 is 0 Å². The monoisotopic (exact) mass is 252 g/mol. The van der Waals surface area contributed by atoms with E-state index in [1.54, 1.807) is 17.7 Å². The molecule has 90 valence electrons. The lowest BCUT2D eigenvalue weighted by Gasteiger charge is -2.08. The highest BCUT2D eigenvalue weighted by molar-refractivity contribution is 6.30. The van der Waals surface area contributed by atoms with Crippen molar-refractivity contribution in [3.05, 3.63) is 45.1 Å². The summed E-state index contributed by atoms with van der Waals surface area (Å²) < 4.78 is 1.54. The molecule has 1 heterocycles. The van der Waals surface area contributed by atoms with E-state index in [1.165, 1.54) is 0 Å². The number of nitrogens with one attached hydrogen (secondary N) is 2. The highest BCUT2D eigenvalue weighted by Gasteiger charge is 2.11. The van der Waals surface area contributed by atoms with Crippen LogP contribution in [0.1, 0.15) is 11.4 Å². The molecule has 1 aromatic heterocycles. The van der Waals surface area contributed by atoms with Crippen LogP contribution in [0.3, 0.4) is 0 Å². The molecule has 17 heavy (non-hydrogen) atoms. The van der Waals surface area contributed by atoms with Gasteiger partial charge in [0.25, 0.3) is 0 Å². The van der Waals surface area contributed by atoms with Crippen LogP contribution in [-0.2, 0) is 6.54 Å². The maximum absolute atomic E-state index is 11.7. The van der Waals surface area contributed by atoms with Crippen molar-refractivity contribution in [3.8, 4) is 5.69 Å². The molecule has 2 aromatic rings. The maximum Gasteiger partial charge on any atom is 0.347 e. The van der Waals surface area contributed by atoms with Gasteiger partial charge in [0.15, 0.2) is 5.82 Å². The van der Waals surface area contributed by atoms with E-state index < -0.39 is 0 Å². The van der Waals surface area contributed by atoms with Gasteiger partial charge in [-0.1, -0.05) is 11.6 Å². The summed E-state index contributed by atoms with van der Waals surface area (Å²) in [6.45, 7) is 2.42. The second-order valence-corrected chi connectivity index (χ2v) is 4.18. The van der Waals surface area contributed by atoms with Gasteiger partial charge in [0, 0.05) is 5.02 Å². The Hall–Kier alpha value is -1.59. The largest absolute Gasteiger partial charge is 0.347 e. The van der Waals surface area contributed by atoms with Gasteiger partial charge in [0.05, 0.1) is 12.2 Å². The first-order valence-corrected chi connectivity index (χ1v) is 5.58. The zero-order valence-electron chi connectivity index (χ0n) is 9.62. The first-order chi connectivity index (χ1) is 8.13. The number of halogens is 1. The molecule has 0 atom stereocenters. The van der Waals surface area contributed by atoms with E-state index in [0.29, 0.717) is 17.4 Å². The van der Waals surface area contributed by atoms with Crippen LogP contribution >= 0.6 is 11.6 Å². The molecule has 0 unspecified atom stereocenters. The van der Waals surface area contributed by atoms with Gasteiger partial charge in [0.2, 0.25) is 0 Å². The lowest BCUT2D eigenvalue weighted by Crippen LogP contribution is -2.20. The molecule has 0 saturated heterocycles. The second kappa shape index (κ2) is 4.73. The summed E-state index contributed by atoms with van der Waals surface area (Å²) in [6, 6.07) is 5.39. The van der Waals surface area contributed by atoms with Crippen molar-refractivity contribution in [1.29, 1.82) is 0 Å². The van der Waals surface area contributed by atoms with E-state index >= 15 is 0 Å². The van der Waals surface area contributed by atoms with Gasteiger partial charge in [-0.3, -0.25) is 0 Å². The average molecular weight is 253 g/mol. The number of aromatic nitrogens is 3. The third-order valence-electron chi connectivity index (χ3n) is 2.48. The molecule has 6 heteroatoms. The normalized spacial score (nSPS) is 10.8. The minimum atomic E-state index is -0.249. The summed E-state index contributed by atoms with van der Waals surface area (Å²) in [7, 11) is 1.80. The minimum Gasteiger partial charge on any atom is -0.313 e. The molecule has 0 fully saturated rings. The molecule has 0 amide bonds. The first kappa shape index (κ1) is 11.9. The summed E-state index contributed by atoms with van der Waals surface area (Å²) in [4.78, 5) is 11.7. The topological polar surface area (TPSA) is 62.7 Å². The fourth-order valence-corrected chi connectivity index (χ4v) is 1.95. The third kappa shape index (κ3) is 2.25. The molecule has 0 aliphatic heterocycles. The van der Waals surface area contributed by atoms with E-state index in [-0.39, 0.29) is 5.69 Å². The van der Waals surface area contributed by atoms with Crippen LogP contribution in [0.2, 0.25) is 5.02 Å². The molecule has 0 aliphatic rings. The van der Waals surface area contributed by atoms with Crippen molar-refractivity contribution in [2.75, 3.05) is 7.05 Å². The van der Waals surface area contributed by atoms with Crippen LogP contribution in [-0.4, -0.2) is 21.8 Å². The Morgan fingerprint density at radius 2 is 2.29 bits per heavy atom. The van der Waals surface area contributed by atoms with Crippen molar-refractivity contribution in [1.82, 2.24) is 20.1 Å². The molecule has 0 radical (unpaired) electrons. The van der Waals surface area contributed by atoms with Crippen molar-refractivity contribution in [2.24, 2.45) is 0 Å². The van der Waals surface area contributed by atoms with Gasteiger partial charge in [-0.05, 0) is 37.7 Å². The maximum atomic E-state index is 11.7. The molecule has 0 spiro atoms. The van der Waals surface area contributed by atoms with E-state index in [2.05, 4.69) is 15.5 Å². The number of aromatic amines is 1. The SMILES string of the molecule is CNCc1n[nH]c(=O)n1-c1ccc(Cl)cc1C. The number of hydrogen-bond donors (Lipinski definition) is 2. The van der Waals surface area contributed by atoms with Gasteiger partial charge in [-0.15, -0.1) is 0 Å². The highest BCUT2D eigenvalue weighted by atomic mass is 35.5. The predicted molar refractivity (Wildman–Crippen MR) is 66.7 cm³/mol. The Kier molecular flexibility index (Phi) is 3.31. The first-order valence-electron chi connectivity index (χ1n) is 5.21. The summed E-state index contributed by atoms with van der Waals surface area (Å²) >= 11 is 5.90. The molecule has 2 rings (SSSR count). The number of rotatable bonds is 3.